The van der Waals surface area contributed by atoms with E-state index in [9.17, 15) is 0 Å². The van der Waals surface area contributed by atoms with E-state index in [0.29, 0.717) is 0 Å². The molecule has 1 aliphatic rings. The molecule has 0 bridgehead atoms. The largest absolute Gasteiger partial charge is 0.379 e. The molecule has 1 rings (SSSR count). The van der Waals surface area contributed by atoms with Gasteiger partial charge in [0.15, 0.2) is 0 Å². The molecule has 1 aliphatic heterocycles. The minimum atomic E-state index is -0.225. The molecular weight excluding hydrogens is 102 g/mol. The molecule has 1 fully saturated rings. The molecule has 0 aliphatic carbocycles. The van der Waals surface area contributed by atoms with Crippen molar-refractivity contribution in [2.45, 2.75) is 31.9 Å². The fourth-order valence-corrected chi connectivity index (χ4v) is 1.01. The van der Waals surface area contributed by atoms with Crippen LogP contribution in [0.3, 0.4) is 0 Å². The lowest BCUT2D eigenvalue weighted by molar-refractivity contribution is 0.134. The lowest BCUT2D eigenvalue weighted by Gasteiger charge is -2.05. The van der Waals surface area contributed by atoms with Crippen LogP contribution in [0.25, 0.3) is 0 Å². The van der Waals surface area contributed by atoms with Gasteiger partial charge in [0, 0.05) is 0 Å². The van der Waals surface area contributed by atoms with E-state index in [4.69, 9.17) is 5.11 Å². The first-order chi connectivity index (χ1) is 3.89. The van der Waals surface area contributed by atoms with Crippen molar-refractivity contribution >= 4 is 0 Å². The first-order valence-electron chi connectivity index (χ1n) is 3.31. The first kappa shape index (κ1) is 6.05. The molecule has 1 atom stereocenters. The van der Waals surface area contributed by atoms with Crippen molar-refractivity contribution in [3.63, 3.8) is 0 Å². The van der Waals surface area contributed by atoms with Crippen molar-refractivity contribution in [1.29, 1.82) is 0 Å². The van der Waals surface area contributed by atoms with Gasteiger partial charge in [-0.2, -0.15) is 0 Å². The lowest BCUT2D eigenvalue weighted by Crippen LogP contribution is -2.27. The van der Waals surface area contributed by atoms with Gasteiger partial charge in [-0.05, 0) is 25.8 Å². The van der Waals surface area contributed by atoms with Crippen molar-refractivity contribution in [3.05, 3.63) is 0 Å². The standard InChI is InChI=1S/C6H13NO/c8-6-4-2-1-3-5-7-6/h6-8H,1-5H2. The van der Waals surface area contributed by atoms with Gasteiger partial charge in [-0.3, -0.25) is 5.32 Å². The highest BCUT2D eigenvalue weighted by molar-refractivity contribution is 4.59. The quantitative estimate of drug-likeness (QED) is 0.481. The van der Waals surface area contributed by atoms with Crippen molar-refractivity contribution < 1.29 is 5.11 Å². The van der Waals surface area contributed by atoms with Crippen LogP contribution < -0.4 is 5.32 Å². The fourth-order valence-electron chi connectivity index (χ4n) is 1.01. The maximum Gasteiger partial charge on any atom is 0.104 e. The molecule has 48 valence electrons. The van der Waals surface area contributed by atoms with E-state index >= 15 is 0 Å². The van der Waals surface area contributed by atoms with Gasteiger partial charge in [-0.1, -0.05) is 6.42 Å². The highest BCUT2D eigenvalue weighted by Crippen LogP contribution is 2.05. The molecule has 2 nitrogen and oxygen atoms in total. The van der Waals surface area contributed by atoms with Crippen LogP contribution >= 0.6 is 0 Å². The van der Waals surface area contributed by atoms with E-state index in [1.165, 1.54) is 19.3 Å². The summed E-state index contributed by atoms with van der Waals surface area (Å²) in [6.45, 7) is 0.987. The monoisotopic (exact) mass is 115 g/mol. The molecule has 8 heavy (non-hydrogen) atoms. The Hall–Kier alpha value is -0.0800. The highest BCUT2D eigenvalue weighted by atomic mass is 16.3. The van der Waals surface area contributed by atoms with Crippen molar-refractivity contribution in [2.75, 3.05) is 6.54 Å². The van der Waals surface area contributed by atoms with E-state index in [1.54, 1.807) is 0 Å². The van der Waals surface area contributed by atoms with Crippen LogP contribution in [-0.4, -0.2) is 17.9 Å². The summed E-state index contributed by atoms with van der Waals surface area (Å²) in [4.78, 5) is 0. The Morgan fingerprint density at radius 3 is 3.00 bits per heavy atom. The molecular formula is C6H13NO. The minimum Gasteiger partial charge on any atom is -0.379 e. The molecule has 2 heteroatoms. The summed E-state index contributed by atoms with van der Waals surface area (Å²) in [6, 6.07) is 0. The second kappa shape index (κ2) is 3.05. The molecule has 1 unspecified atom stereocenters. The molecule has 0 saturated carbocycles. The highest BCUT2D eigenvalue weighted by Gasteiger charge is 2.05. The van der Waals surface area contributed by atoms with Crippen LogP contribution in [0.1, 0.15) is 25.7 Å². The fraction of sp³-hybridized carbons (Fsp3) is 1.00. The second-order valence-corrected chi connectivity index (χ2v) is 2.32. The van der Waals surface area contributed by atoms with Crippen molar-refractivity contribution in [2.24, 2.45) is 0 Å². The number of aliphatic hydroxyl groups excluding tert-OH is 1. The van der Waals surface area contributed by atoms with Crippen molar-refractivity contribution in [1.82, 2.24) is 5.32 Å². The van der Waals surface area contributed by atoms with Gasteiger partial charge in [0.1, 0.15) is 6.23 Å². The SMILES string of the molecule is OC1CCCCCN1. The molecule has 0 aromatic rings. The molecule has 1 saturated heterocycles. The van der Waals surface area contributed by atoms with Crippen LogP contribution in [0.4, 0.5) is 0 Å². The smallest absolute Gasteiger partial charge is 0.104 e. The van der Waals surface area contributed by atoms with E-state index in [-0.39, 0.29) is 6.23 Å². The van der Waals surface area contributed by atoms with Gasteiger partial charge in [0.2, 0.25) is 0 Å². The number of aliphatic hydroxyl groups is 1. The Morgan fingerprint density at radius 1 is 1.25 bits per heavy atom. The topological polar surface area (TPSA) is 32.3 Å². The van der Waals surface area contributed by atoms with Gasteiger partial charge in [-0.25, -0.2) is 0 Å². The molecule has 0 aromatic carbocycles. The Balaban J connectivity index is 2.17. The van der Waals surface area contributed by atoms with Gasteiger partial charge in [0.05, 0.1) is 0 Å². The Morgan fingerprint density at radius 2 is 2.12 bits per heavy atom. The predicted molar refractivity (Wildman–Crippen MR) is 32.5 cm³/mol. The van der Waals surface area contributed by atoms with Gasteiger partial charge < -0.3 is 5.11 Å². The number of hydrogen-bond donors (Lipinski definition) is 2. The summed E-state index contributed by atoms with van der Waals surface area (Å²) in [5.74, 6) is 0. The van der Waals surface area contributed by atoms with Crippen LogP contribution in [0, 0.1) is 0 Å². The number of hydrogen-bond acceptors (Lipinski definition) is 2. The van der Waals surface area contributed by atoms with Crippen molar-refractivity contribution in [3.8, 4) is 0 Å². The Kier molecular flexibility index (Phi) is 2.30. The van der Waals surface area contributed by atoms with E-state index < -0.39 is 0 Å². The summed E-state index contributed by atoms with van der Waals surface area (Å²) in [5.41, 5.74) is 0. The van der Waals surface area contributed by atoms with Gasteiger partial charge in [-0.15, -0.1) is 0 Å². The van der Waals surface area contributed by atoms with Crippen LogP contribution in [0.2, 0.25) is 0 Å². The zero-order valence-electron chi connectivity index (χ0n) is 5.06. The maximum atomic E-state index is 8.98. The average molecular weight is 115 g/mol. The normalized spacial score (nSPS) is 31.9. The van der Waals surface area contributed by atoms with E-state index in [1.807, 2.05) is 0 Å². The Labute approximate surface area is 49.9 Å². The first-order valence-corrected chi connectivity index (χ1v) is 3.31. The Bertz CT molecular complexity index is 57.5. The summed E-state index contributed by atoms with van der Waals surface area (Å²) in [5, 5.41) is 12.0. The molecule has 0 radical (unpaired) electrons. The summed E-state index contributed by atoms with van der Waals surface area (Å²) in [6.07, 6.45) is 4.37. The minimum absolute atomic E-state index is 0.225. The molecule has 1 heterocycles. The summed E-state index contributed by atoms with van der Waals surface area (Å²) < 4.78 is 0. The zero-order chi connectivity index (χ0) is 5.82. The van der Waals surface area contributed by atoms with E-state index in [0.717, 1.165) is 13.0 Å². The van der Waals surface area contributed by atoms with Gasteiger partial charge >= 0.3 is 0 Å². The second-order valence-electron chi connectivity index (χ2n) is 2.32. The van der Waals surface area contributed by atoms with Crippen LogP contribution in [-0.2, 0) is 0 Å². The molecule has 0 aromatic heterocycles. The van der Waals surface area contributed by atoms with E-state index in [2.05, 4.69) is 5.32 Å². The number of nitrogens with one attached hydrogen (secondary N) is 1. The predicted octanol–water partition coefficient (Wildman–Crippen LogP) is 0.468. The van der Waals surface area contributed by atoms with Crippen LogP contribution in [0.5, 0.6) is 0 Å². The molecule has 2 N–H and O–H groups in total. The lowest BCUT2D eigenvalue weighted by atomic mass is 10.2. The summed E-state index contributed by atoms with van der Waals surface area (Å²) >= 11 is 0. The third-order valence-corrected chi connectivity index (χ3v) is 1.53. The van der Waals surface area contributed by atoms with Gasteiger partial charge in [0.25, 0.3) is 0 Å². The average Bonchev–Trinajstić information content (AvgIpc) is 1.94. The zero-order valence-corrected chi connectivity index (χ0v) is 5.06. The third kappa shape index (κ3) is 1.80. The molecule has 0 spiro atoms. The van der Waals surface area contributed by atoms with Crippen LogP contribution in [0.15, 0.2) is 0 Å². The molecule has 0 amide bonds. The third-order valence-electron chi connectivity index (χ3n) is 1.53. The maximum absolute atomic E-state index is 8.98. The number of rotatable bonds is 0. The summed E-state index contributed by atoms with van der Waals surface area (Å²) in [7, 11) is 0.